The van der Waals surface area contributed by atoms with Crippen molar-refractivity contribution in [3.05, 3.63) is 65.7 Å². The second kappa shape index (κ2) is 8.45. The molecule has 0 fully saturated rings. The van der Waals surface area contributed by atoms with Crippen molar-refractivity contribution in [3.63, 3.8) is 0 Å². The Morgan fingerprint density at radius 3 is 2.15 bits per heavy atom. The van der Waals surface area contributed by atoms with Gasteiger partial charge in [0.15, 0.2) is 0 Å². The fraction of sp³-hybridized carbons (Fsp3) is 0.176. The highest BCUT2D eigenvalue weighted by atomic mass is 32.2. The quantitative estimate of drug-likeness (QED) is 0.626. The molecule has 2 aromatic carbocycles. The highest BCUT2D eigenvalue weighted by Gasteiger charge is 2.21. The van der Waals surface area contributed by atoms with Crippen LogP contribution in [0.1, 0.15) is 11.1 Å². The second-order valence-electron chi connectivity index (χ2n) is 5.42. The monoisotopic (exact) mass is 379 g/mol. The Hall–Kier alpha value is -2.91. The number of nitrogens with one attached hydrogen (secondary N) is 1. The van der Waals surface area contributed by atoms with E-state index in [-0.39, 0.29) is 17.9 Å². The number of carboxylic acid groups (broad SMARTS) is 1. The lowest BCUT2D eigenvalue weighted by Crippen LogP contribution is -2.42. The van der Waals surface area contributed by atoms with Crippen molar-refractivity contribution in [1.82, 2.24) is 5.32 Å². The van der Waals surface area contributed by atoms with Gasteiger partial charge in [0.25, 0.3) is 10.1 Å². The molecule has 0 bridgehead atoms. The van der Waals surface area contributed by atoms with E-state index in [0.29, 0.717) is 5.56 Å². The summed E-state index contributed by atoms with van der Waals surface area (Å²) >= 11 is 0. The van der Waals surface area contributed by atoms with Gasteiger partial charge in [0.2, 0.25) is 0 Å². The molecule has 1 atom stereocenters. The highest BCUT2D eigenvalue weighted by molar-refractivity contribution is 7.85. The van der Waals surface area contributed by atoms with Crippen LogP contribution in [0, 0.1) is 0 Å². The molecule has 2 aromatic rings. The summed E-state index contributed by atoms with van der Waals surface area (Å²) in [4.78, 5) is 22.8. The standard InChI is InChI=1S/C17H17NO7S/c19-16(20)15(10-12-6-8-14(9-7-12)26(22,23)24)18-17(21)25-11-13-4-2-1-3-5-13/h1-9,15H,10-11H2,(H,18,21)(H,19,20)(H,22,23,24)/t15-/m0/s1. The average molecular weight is 379 g/mol. The molecule has 0 aliphatic carbocycles. The van der Waals surface area contributed by atoms with Crippen molar-refractivity contribution in [2.75, 3.05) is 0 Å². The Labute approximate surface area is 150 Å². The van der Waals surface area contributed by atoms with Gasteiger partial charge in [0.1, 0.15) is 12.6 Å². The molecule has 0 heterocycles. The van der Waals surface area contributed by atoms with E-state index in [0.717, 1.165) is 17.7 Å². The van der Waals surface area contributed by atoms with E-state index >= 15 is 0 Å². The van der Waals surface area contributed by atoms with Gasteiger partial charge in [-0.2, -0.15) is 8.42 Å². The number of carboxylic acids is 1. The van der Waals surface area contributed by atoms with Gasteiger partial charge in [-0.05, 0) is 23.3 Å². The van der Waals surface area contributed by atoms with Crippen molar-refractivity contribution in [2.24, 2.45) is 0 Å². The number of alkyl carbamates (subject to hydrolysis) is 1. The predicted octanol–water partition coefficient (Wildman–Crippen LogP) is 1.86. The molecule has 0 unspecified atom stereocenters. The van der Waals surface area contributed by atoms with Gasteiger partial charge in [0.05, 0.1) is 4.90 Å². The minimum absolute atomic E-state index is 0.00205. The first-order chi connectivity index (χ1) is 12.3. The summed E-state index contributed by atoms with van der Waals surface area (Å²) in [5, 5.41) is 11.5. The average Bonchev–Trinajstić information content (AvgIpc) is 2.60. The summed E-state index contributed by atoms with van der Waals surface area (Å²) in [6, 6.07) is 12.7. The van der Waals surface area contributed by atoms with E-state index in [2.05, 4.69) is 5.32 Å². The SMILES string of the molecule is O=C(N[C@@H](Cc1ccc(S(=O)(=O)O)cc1)C(=O)O)OCc1ccccc1. The van der Waals surface area contributed by atoms with Gasteiger partial charge in [-0.1, -0.05) is 42.5 Å². The van der Waals surface area contributed by atoms with Crippen LogP contribution in [-0.4, -0.2) is 36.2 Å². The zero-order valence-corrected chi connectivity index (χ0v) is 14.3. The van der Waals surface area contributed by atoms with E-state index < -0.39 is 28.2 Å². The van der Waals surface area contributed by atoms with E-state index in [1.165, 1.54) is 12.1 Å². The van der Waals surface area contributed by atoms with Crippen LogP contribution in [0.25, 0.3) is 0 Å². The Morgan fingerprint density at radius 1 is 1.00 bits per heavy atom. The predicted molar refractivity (Wildman–Crippen MR) is 91.1 cm³/mol. The third-order valence-electron chi connectivity index (χ3n) is 3.46. The molecule has 0 spiro atoms. The van der Waals surface area contributed by atoms with Crippen LogP contribution < -0.4 is 5.32 Å². The minimum atomic E-state index is -4.32. The second-order valence-corrected chi connectivity index (χ2v) is 6.84. The maximum atomic E-state index is 11.8. The molecular formula is C17H17NO7S. The summed E-state index contributed by atoms with van der Waals surface area (Å²) in [6.45, 7) is 0.00205. The van der Waals surface area contributed by atoms with E-state index in [4.69, 9.17) is 9.29 Å². The molecule has 0 aliphatic rings. The first-order valence-electron chi connectivity index (χ1n) is 7.52. The van der Waals surface area contributed by atoms with Crippen molar-refractivity contribution in [1.29, 1.82) is 0 Å². The van der Waals surface area contributed by atoms with Gasteiger partial charge in [-0.3, -0.25) is 4.55 Å². The molecule has 0 radical (unpaired) electrons. The van der Waals surface area contributed by atoms with Crippen molar-refractivity contribution < 1.29 is 32.4 Å². The number of carbonyl (C=O) groups is 2. The van der Waals surface area contributed by atoms with Gasteiger partial charge in [-0.15, -0.1) is 0 Å². The van der Waals surface area contributed by atoms with Gasteiger partial charge in [-0.25, -0.2) is 9.59 Å². The first-order valence-corrected chi connectivity index (χ1v) is 8.96. The maximum Gasteiger partial charge on any atom is 0.408 e. The number of aliphatic carboxylic acids is 1. The summed E-state index contributed by atoms with van der Waals surface area (Å²) < 4.78 is 35.9. The molecule has 8 nitrogen and oxygen atoms in total. The van der Waals surface area contributed by atoms with Crippen molar-refractivity contribution >= 4 is 22.2 Å². The molecule has 138 valence electrons. The van der Waals surface area contributed by atoms with Gasteiger partial charge in [0, 0.05) is 6.42 Å². The van der Waals surface area contributed by atoms with Crippen LogP contribution >= 0.6 is 0 Å². The third-order valence-corrected chi connectivity index (χ3v) is 4.33. The van der Waals surface area contributed by atoms with Gasteiger partial charge < -0.3 is 15.2 Å². The van der Waals surface area contributed by atoms with Crippen molar-refractivity contribution in [3.8, 4) is 0 Å². The zero-order valence-electron chi connectivity index (χ0n) is 13.5. The number of rotatable bonds is 7. The summed E-state index contributed by atoms with van der Waals surface area (Å²) in [5.41, 5.74) is 1.23. The number of hydrogen-bond acceptors (Lipinski definition) is 5. The van der Waals surface area contributed by atoms with Crippen LogP contribution in [0.5, 0.6) is 0 Å². The summed E-state index contributed by atoms with van der Waals surface area (Å²) in [6.07, 6.45) is -0.961. The maximum absolute atomic E-state index is 11.8. The summed E-state index contributed by atoms with van der Waals surface area (Å²) in [5.74, 6) is -1.26. The fourth-order valence-electron chi connectivity index (χ4n) is 2.14. The number of benzene rings is 2. The molecule has 0 saturated carbocycles. The Kier molecular flexibility index (Phi) is 6.31. The molecule has 1 amide bonds. The Balaban J connectivity index is 1.96. The largest absolute Gasteiger partial charge is 0.480 e. The van der Waals surface area contributed by atoms with Crippen LogP contribution in [0.4, 0.5) is 4.79 Å². The summed E-state index contributed by atoms with van der Waals surface area (Å²) in [7, 11) is -4.32. The van der Waals surface area contributed by atoms with Gasteiger partial charge >= 0.3 is 12.1 Å². The van der Waals surface area contributed by atoms with E-state index in [9.17, 15) is 23.1 Å². The Bertz CT molecular complexity index is 864. The van der Waals surface area contributed by atoms with E-state index in [1.54, 1.807) is 24.3 Å². The molecule has 0 aliphatic heterocycles. The van der Waals surface area contributed by atoms with Crippen LogP contribution in [0.15, 0.2) is 59.5 Å². The molecule has 26 heavy (non-hydrogen) atoms. The molecule has 0 aromatic heterocycles. The topological polar surface area (TPSA) is 130 Å². The number of hydrogen-bond donors (Lipinski definition) is 3. The number of carbonyl (C=O) groups excluding carboxylic acids is 1. The number of ether oxygens (including phenoxy) is 1. The molecule has 2 rings (SSSR count). The molecule has 3 N–H and O–H groups in total. The number of amides is 1. The lowest BCUT2D eigenvalue weighted by atomic mass is 10.1. The van der Waals surface area contributed by atoms with Crippen molar-refractivity contribution in [2.45, 2.75) is 24.0 Å². The zero-order chi connectivity index (χ0) is 19.2. The normalized spacial score (nSPS) is 12.2. The molecule has 9 heteroatoms. The Morgan fingerprint density at radius 2 is 1.62 bits per heavy atom. The fourth-order valence-corrected chi connectivity index (χ4v) is 2.62. The smallest absolute Gasteiger partial charge is 0.408 e. The van der Waals surface area contributed by atoms with E-state index in [1.807, 2.05) is 6.07 Å². The molecule has 0 saturated heterocycles. The first kappa shape index (κ1) is 19.4. The molecular weight excluding hydrogens is 362 g/mol. The van der Waals surface area contributed by atoms with Crippen LogP contribution in [-0.2, 0) is 32.7 Å². The lowest BCUT2D eigenvalue weighted by Gasteiger charge is -2.15. The lowest BCUT2D eigenvalue weighted by molar-refractivity contribution is -0.139. The third kappa shape index (κ3) is 5.87. The highest BCUT2D eigenvalue weighted by Crippen LogP contribution is 2.12. The van der Waals surface area contributed by atoms with Crippen LogP contribution in [0.3, 0.4) is 0 Å². The van der Waals surface area contributed by atoms with Crippen LogP contribution in [0.2, 0.25) is 0 Å². The minimum Gasteiger partial charge on any atom is -0.480 e.